The summed E-state index contributed by atoms with van der Waals surface area (Å²) < 4.78 is 6.38. The first kappa shape index (κ1) is 21.4. The van der Waals surface area contributed by atoms with Crippen molar-refractivity contribution in [2.75, 3.05) is 70.9 Å². The highest BCUT2D eigenvalue weighted by Gasteiger charge is 2.26. The van der Waals surface area contributed by atoms with Gasteiger partial charge in [-0.3, -0.25) is 14.6 Å². The van der Waals surface area contributed by atoms with Crippen LogP contribution < -0.4 is 9.64 Å². The lowest BCUT2D eigenvalue weighted by Gasteiger charge is -2.40. The minimum atomic E-state index is 0.280. The molecule has 2 heterocycles. The molecule has 2 saturated heterocycles. The summed E-state index contributed by atoms with van der Waals surface area (Å²) >= 11 is 3.51. The number of anilines is 1. The van der Waals surface area contributed by atoms with Crippen LogP contribution >= 0.6 is 15.9 Å². The number of halogens is 1. The molecule has 2 aliphatic heterocycles. The second-order valence-electron chi connectivity index (χ2n) is 7.76. The van der Waals surface area contributed by atoms with Crippen molar-refractivity contribution in [2.24, 2.45) is 0 Å². The third kappa shape index (κ3) is 5.19. The van der Waals surface area contributed by atoms with Gasteiger partial charge < -0.3 is 14.5 Å². The van der Waals surface area contributed by atoms with Gasteiger partial charge in [-0.15, -0.1) is 0 Å². The predicted molar refractivity (Wildman–Crippen MR) is 117 cm³/mol. The summed E-state index contributed by atoms with van der Waals surface area (Å²) in [7, 11) is 1.69. The minimum Gasteiger partial charge on any atom is -0.495 e. The standard InChI is InChI=1S/C21H33BrN4O2/c1-4-17(2)24-11-13-26(14-12-24)21(27)16-23-7-9-25(10-8-23)18-5-6-19(22)20(15-18)28-3/h5-6,15,17H,4,7-14,16H2,1-3H3. The van der Waals surface area contributed by atoms with Gasteiger partial charge in [0.2, 0.25) is 5.91 Å². The predicted octanol–water partition coefficient (Wildman–Crippen LogP) is 2.52. The quantitative estimate of drug-likeness (QED) is 0.662. The monoisotopic (exact) mass is 452 g/mol. The maximum atomic E-state index is 12.7. The Kier molecular flexibility index (Phi) is 7.60. The molecule has 2 fully saturated rings. The Morgan fingerprint density at radius 3 is 2.39 bits per heavy atom. The van der Waals surface area contributed by atoms with Crippen molar-refractivity contribution in [2.45, 2.75) is 26.3 Å². The number of rotatable bonds is 6. The lowest BCUT2D eigenvalue weighted by Crippen LogP contribution is -2.55. The van der Waals surface area contributed by atoms with Gasteiger partial charge in [0.25, 0.3) is 0 Å². The van der Waals surface area contributed by atoms with E-state index in [4.69, 9.17) is 4.74 Å². The Bertz CT molecular complexity index is 656. The van der Waals surface area contributed by atoms with Crippen LogP contribution in [0.25, 0.3) is 0 Å². The number of hydrogen-bond donors (Lipinski definition) is 0. The maximum Gasteiger partial charge on any atom is 0.236 e. The van der Waals surface area contributed by atoms with Crippen molar-refractivity contribution in [3.63, 3.8) is 0 Å². The van der Waals surface area contributed by atoms with Gasteiger partial charge in [0.15, 0.2) is 0 Å². The normalized spacial score (nSPS) is 20.3. The molecule has 0 bridgehead atoms. The van der Waals surface area contributed by atoms with E-state index in [1.54, 1.807) is 7.11 Å². The van der Waals surface area contributed by atoms with Gasteiger partial charge in [-0.05, 0) is 41.4 Å². The van der Waals surface area contributed by atoms with E-state index in [9.17, 15) is 4.79 Å². The molecule has 0 radical (unpaired) electrons. The number of nitrogens with zero attached hydrogens (tertiary/aromatic N) is 4. The molecule has 3 rings (SSSR count). The fourth-order valence-corrected chi connectivity index (χ4v) is 4.38. The molecule has 2 aliphatic rings. The number of hydrogen-bond acceptors (Lipinski definition) is 5. The van der Waals surface area contributed by atoms with E-state index in [2.05, 4.69) is 56.6 Å². The topological polar surface area (TPSA) is 39.3 Å². The van der Waals surface area contributed by atoms with E-state index >= 15 is 0 Å². The number of ether oxygens (including phenoxy) is 1. The summed E-state index contributed by atoms with van der Waals surface area (Å²) in [5.41, 5.74) is 1.17. The highest BCUT2D eigenvalue weighted by atomic mass is 79.9. The zero-order chi connectivity index (χ0) is 20.1. The number of benzene rings is 1. The molecular formula is C21H33BrN4O2. The highest BCUT2D eigenvalue weighted by Crippen LogP contribution is 2.30. The first-order valence-electron chi connectivity index (χ1n) is 10.3. The molecule has 1 aromatic rings. The fourth-order valence-electron chi connectivity index (χ4n) is 3.97. The number of carbonyl (C=O) groups excluding carboxylic acids is 1. The van der Waals surface area contributed by atoms with Gasteiger partial charge in [-0.2, -0.15) is 0 Å². The number of carbonyl (C=O) groups is 1. The molecule has 1 unspecified atom stereocenters. The summed E-state index contributed by atoms with van der Waals surface area (Å²) in [6.07, 6.45) is 1.17. The number of amides is 1. The van der Waals surface area contributed by atoms with Crippen LogP contribution in [0.5, 0.6) is 5.75 Å². The van der Waals surface area contributed by atoms with Crippen LogP contribution in [0.15, 0.2) is 22.7 Å². The lowest BCUT2D eigenvalue weighted by molar-refractivity contribution is -0.134. The fraction of sp³-hybridized carbons (Fsp3) is 0.667. The molecule has 1 amide bonds. The largest absolute Gasteiger partial charge is 0.495 e. The Morgan fingerprint density at radius 2 is 1.79 bits per heavy atom. The molecule has 0 N–H and O–H groups in total. The molecule has 156 valence electrons. The van der Waals surface area contributed by atoms with E-state index in [1.165, 1.54) is 12.1 Å². The van der Waals surface area contributed by atoms with Crippen LogP contribution in [0.2, 0.25) is 0 Å². The van der Waals surface area contributed by atoms with Gasteiger partial charge in [0.05, 0.1) is 18.1 Å². The first-order valence-corrected chi connectivity index (χ1v) is 11.1. The lowest BCUT2D eigenvalue weighted by atomic mass is 10.2. The van der Waals surface area contributed by atoms with Crippen LogP contribution in [-0.4, -0.2) is 92.7 Å². The number of methoxy groups -OCH3 is 1. The second kappa shape index (κ2) is 9.94. The third-order valence-corrected chi connectivity index (χ3v) is 6.77. The van der Waals surface area contributed by atoms with E-state index in [0.717, 1.165) is 62.6 Å². The zero-order valence-electron chi connectivity index (χ0n) is 17.4. The molecule has 0 aromatic heterocycles. The van der Waals surface area contributed by atoms with Crippen LogP contribution in [0.1, 0.15) is 20.3 Å². The van der Waals surface area contributed by atoms with Crippen molar-refractivity contribution < 1.29 is 9.53 Å². The molecule has 1 aromatic carbocycles. The Morgan fingerprint density at radius 1 is 1.11 bits per heavy atom. The van der Waals surface area contributed by atoms with Crippen molar-refractivity contribution in [3.8, 4) is 5.75 Å². The van der Waals surface area contributed by atoms with Crippen LogP contribution in [0.4, 0.5) is 5.69 Å². The van der Waals surface area contributed by atoms with Crippen LogP contribution in [0.3, 0.4) is 0 Å². The van der Waals surface area contributed by atoms with Gasteiger partial charge in [-0.25, -0.2) is 0 Å². The molecule has 0 saturated carbocycles. The van der Waals surface area contributed by atoms with Crippen molar-refractivity contribution >= 4 is 27.5 Å². The van der Waals surface area contributed by atoms with Gasteiger partial charge >= 0.3 is 0 Å². The molecule has 0 spiro atoms. The van der Waals surface area contributed by atoms with Crippen molar-refractivity contribution in [3.05, 3.63) is 22.7 Å². The van der Waals surface area contributed by atoms with E-state index in [0.29, 0.717) is 12.6 Å². The Balaban J connectivity index is 1.45. The third-order valence-electron chi connectivity index (χ3n) is 6.11. The molecule has 28 heavy (non-hydrogen) atoms. The summed E-state index contributed by atoms with van der Waals surface area (Å²) in [6, 6.07) is 6.83. The average Bonchev–Trinajstić information content (AvgIpc) is 2.74. The first-order chi connectivity index (χ1) is 13.5. The van der Waals surface area contributed by atoms with Crippen molar-refractivity contribution in [1.29, 1.82) is 0 Å². The van der Waals surface area contributed by atoms with Gasteiger partial charge in [-0.1, -0.05) is 6.92 Å². The summed E-state index contributed by atoms with van der Waals surface area (Å²) in [6.45, 7) is 12.5. The van der Waals surface area contributed by atoms with Gasteiger partial charge in [0.1, 0.15) is 5.75 Å². The molecule has 0 aliphatic carbocycles. The highest BCUT2D eigenvalue weighted by molar-refractivity contribution is 9.10. The average molecular weight is 453 g/mol. The molecule has 1 atom stereocenters. The van der Waals surface area contributed by atoms with Crippen molar-refractivity contribution in [1.82, 2.24) is 14.7 Å². The van der Waals surface area contributed by atoms with E-state index < -0.39 is 0 Å². The Labute approximate surface area is 177 Å². The van der Waals surface area contributed by atoms with E-state index in [-0.39, 0.29) is 5.91 Å². The summed E-state index contributed by atoms with van der Waals surface area (Å²) in [5, 5.41) is 0. The smallest absolute Gasteiger partial charge is 0.236 e. The van der Waals surface area contributed by atoms with Crippen LogP contribution in [0, 0.1) is 0 Å². The molecule has 7 heteroatoms. The second-order valence-corrected chi connectivity index (χ2v) is 8.61. The van der Waals surface area contributed by atoms with Gasteiger partial charge in [0, 0.05) is 70.2 Å². The van der Waals surface area contributed by atoms with Crippen LogP contribution in [-0.2, 0) is 4.79 Å². The molecule has 6 nitrogen and oxygen atoms in total. The summed E-state index contributed by atoms with van der Waals surface area (Å²) in [4.78, 5) is 21.9. The summed E-state index contributed by atoms with van der Waals surface area (Å²) in [5.74, 6) is 1.13. The minimum absolute atomic E-state index is 0.280. The zero-order valence-corrected chi connectivity index (χ0v) is 18.9. The maximum absolute atomic E-state index is 12.7. The van der Waals surface area contributed by atoms with E-state index in [1.807, 2.05) is 11.0 Å². The molecular weight excluding hydrogens is 420 g/mol. The SMILES string of the molecule is CCC(C)N1CCN(C(=O)CN2CCN(c3ccc(Br)c(OC)c3)CC2)CC1. The Hall–Kier alpha value is -1.31. The number of piperazine rings is 2.